The monoisotopic (exact) mass is 660 g/mol. The number of aromatic nitrogens is 2. The Kier molecular flexibility index (Phi) is 9.49. The molecule has 2 saturated heterocycles. The number of hydrogen-bond donors (Lipinski definition) is 2. The lowest BCUT2D eigenvalue weighted by Gasteiger charge is -2.01. The number of rotatable bonds is 3. The number of amides is 2. The molecular weight excluding hydrogens is 646 g/mol. The summed E-state index contributed by atoms with van der Waals surface area (Å²) in [6, 6.07) is 15.9. The molecule has 8 nitrogen and oxygen atoms in total. The molecule has 4 aromatic rings. The number of benzene rings is 3. The van der Waals surface area contributed by atoms with E-state index in [-0.39, 0.29) is 11.8 Å². The second-order valence-electron chi connectivity index (χ2n) is 8.18. The van der Waals surface area contributed by atoms with Gasteiger partial charge in [0.2, 0.25) is 5.91 Å². The minimum absolute atomic E-state index is 0.0538. The SMILES string of the molecule is O=C1CSC(=Nc2c(Cl)cccc2Cl)N1.O=C1NC(=Nc2c(Cl)cccc2Cl)S/C1=C\c1ccc2nccnc2c1. The van der Waals surface area contributed by atoms with Crippen LogP contribution in [0.1, 0.15) is 5.56 Å². The van der Waals surface area contributed by atoms with Gasteiger partial charge in [-0.05, 0) is 59.8 Å². The number of nitrogens with zero attached hydrogens (tertiary/aromatic N) is 4. The van der Waals surface area contributed by atoms with Gasteiger partial charge in [-0.15, -0.1) is 0 Å². The molecule has 1 aromatic heterocycles. The number of nitrogens with one attached hydrogen (secondary N) is 2. The first-order valence-corrected chi connectivity index (χ1v) is 15.0. The van der Waals surface area contributed by atoms with Crippen LogP contribution >= 0.6 is 69.9 Å². The van der Waals surface area contributed by atoms with Gasteiger partial charge >= 0.3 is 0 Å². The summed E-state index contributed by atoms with van der Waals surface area (Å²) < 4.78 is 0. The largest absolute Gasteiger partial charge is 0.304 e. The van der Waals surface area contributed by atoms with Gasteiger partial charge in [0.1, 0.15) is 11.4 Å². The van der Waals surface area contributed by atoms with Crippen LogP contribution < -0.4 is 10.6 Å². The van der Waals surface area contributed by atoms with E-state index in [4.69, 9.17) is 46.4 Å². The molecule has 0 unspecified atom stereocenters. The zero-order chi connectivity index (χ0) is 28.9. The smallest absolute Gasteiger partial charge is 0.264 e. The summed E-state index contributed by atoms with van der Waals surface area (Å²) in [4.78, 5) is 40.8. The third kappa shape index (κ3) is 7.40. The normalized spacial score (nSPS) is 17.6. The van der Waals surface area contributed by atoms with E-state index in [1.807, 2.05) is 18.2 Å². The van der Waals surface area contributed by atoms with E-state index < -0.39 is 0 Å². The zero-order valence-electron chi connectivity index (χ0n) is 20.6. The maximum Gasteiger partial charge on any atom is 0.264 e. The van der Waals surface area contributed by atoms with E-state index in [0.717, 1.165) is 16.6 Å². The van der Waals surface area contributed by atoms with Crippen LogP contribution in [-0.2, 0) is 9.59 Å². The summed E-state index contributed by atoms with van der Waals surface area (Å²) in [6.45, 7) is 0. The van der Waals surface area contributed by atoms with Gasteiger partial charge in [0.15, 0.2) is 10.3 Å². The highest BCUT2D eigenvalue weighted by molar-refractivity contribution is 8.18. The number of thioether (sulfide) groups is 2. The van der Waals surface area contributed by atoms with Gasteiger partial charge in [0.25, 0.3) is 5.91 Å². The second-order valence-corrected chi connectivity index (χ2v) is 11.8. The fraction of sp³-hybridized carbons (Fsp3) is 0.0370. The molecule has 14 heteroatoms. The summed E-state index contributed by atoms with van der Waals surface area (Å²) in [5, 5.41) is 8.08. The van der Waals surface area contributed by atoms with Crippen molar-refractivity contribution in [2.75, 3.05) is 5.75 Å². The van der Waals surface area contributed by atoms with Gasteiger partial charge in [0, 0.05) is 12.4 Å². The number of carbonyl (C=O) groups excluding carboxylic acids is 2. The average molecular weight is 662 g/mol. The Morgan fingerprint density at radius 2 is 1.34 bits per heavy atom. The molecule has 2 fully saturated rings. The first kappa shape index (κ1) is 29.4. The van der Waals surface area contributed by atoms with Crippen LogP contribution in [-0.4, -0.2) is 37.9 Å². The molecule has 0 aliphatic carbocycles. The Bertz CT molecular complexity index is 1740. The summed E-state index contributed by atoms with van der Waals surface area (Å²) in [5.41, 5.74) is 3.34. The highest BCUT2D eigenvalue weighted by Crippen LogP contribution is 2.36. The van der Waals surface area contributed by atoms with Crippen molar-refractivity contribution in [3.05, 3.63) is 97.6 Å². The van der Waals surface area contributed by atoms with Crippen LogP contribution in [0.15, 0.2) is 81.9 Å². The van der Waals surface area contributed by atoms with E-state index in [0.29, 0.717) is 52.5 Å². The van der Waals surface area contributed by atoms with Crippen molar-refractivity contribution < 1.29 is 9.59 Å². The first-order chi connectivity index (χ1) is 19.8. The summed E-state index contributed by atoms with van der Waals surface area (Å²) in [6.07, 6.45) is 5.06. The average Bonchev–Trinajstić information content (AvgIpc) is 3.52. The third-order valence-corrected chi connectivity index (χ3v) is 8.33. The molecule has 41 heavy (non-hydrogen) atoms. The molecule has 2 amide bonds. The fourth-order valence-corrected chi connectivity index (χ4v) is 5.96. The van der Waals surface area contributed by atoms with Crippen LogP contribution in [0.5, 0.6) is 0 Å². The molecule has 0 bridgehead atoms. The molecule has 2 aliphatic heterocycles. The summed E-state index contributed by atoms with van der Waals surface area (Å²) >= 11 is 26.7. The van der Waals surface area contributed by atoms with Crippen molar-refractivity contribution in [3.8, 4) is 0 Å². The predicted octanol–water partition coefficient (Wildman–Crippen LogP) is 7.67. The van der Waals surface area contributed by atoms with E-state index in [2.05, 4.69) is 30.6 Å². The van der Waals surface area contributed by atoms with Crippen LogP contribution in [0.4, 0.5) is 11.4 Å². The first-order valence-electron chi connectivity index (χ1n) is 11.7. The number of hydrogen-bond acceptors (Lipinski definition) is 8. The van der Waals surface area contributed by atoms with Gasteiger partial charge < -0.3 is 10.6 Å². The van der Waals surface area contributed by atoms with Crippen LogP contribution in [0.2, 0.25) is 20.1 Å². The van der Waals surface area contributed by atoms with Crippen molar-refractivity contribution >= 4 is 121 Å². The molecule has 6 rings (SSSR count). The Morgan fingerprint density at radius 1 is 0.756 bits per heavy atom. The molecule has 0 saturated carbocycles. The highest BCUT2D eigenvalue weighted by Gasteiger charge is 2.24. The van der Waals surface area contributed by atoms with Crippen LogP contribution in [0.3, 0.4) is 0 Å². The number of fused-ring (bicyclic) bond motifs is 1. The summed E-state index contributed by atoms with van der Waals surface area (Å²) in [5.74, 6) is 0.110. The molecule has 3 heterocycles. The number of halogens is 4. The number of amidine groups is 2. The topological polar surface area (TPSA) is 109 Å². The molecule has 0 spiro atoms. The van der Waals surface area contributed by atoms with Crippen molar-refractivity contribution in [3.63, 3.8) is 0 Å². The Hall–Kier alpha value is -3.12. The van der Waals surface area contributed by atoms with Crippen molar-refractivity contribution in [2.24, 2.45) is 9.98 Å². The maximum absolute atomic E-state index is 12.2. The van der Waals surface area contributed by atoms with Gasteiger partial charge in [-0.3, -0.25) is 19.6 Å². The molecule has 206 valence electrons. The Labute approximate surface area is 262 Å². The predicted molar refractivity (Wildman–Crippen MR) is 171 cm³/mol. The van der Waals surface area contributed by atoms with Crippen LogP contribution in [0.25, 0.3) is 17.1 Å². The lowest BCUT2D eigenvalue weighted by Crippen LogP contribution is -2.19. The molecule has 2 aliphatic rings. The highest BCUT2D eigenvalue weighted by atomic mass is 35.5. The van der Waals surface area contributed by atoms with Gasteiger partial charge in [-0.25, -0.2) is 9.98 Å². The van der Waals surface area contributed by atoms with Crippen molar-refractivity contribution in [1.82, 2.24) is 20.6 Å². The lowest BCUT2D eigenvalue weighted by molar-refractivity contribution is -0.117. The Balaban J connectivity index is 0.000000191. The molecule has 0 radical (unpaired) electrons. The summed E-state index contributed by atoms with van der Waals surface area (Å²) in [7, 11) is 0. The van der Waals surface area contributed by atoms with E-state index in [9.17, 15) is 9.59 Å². The van der Waals surface area contributed by atoms with E-state index in [1.165, 1.54) is 23.5 Å². The van der Waals surface area contributed by atoms with E-state index >= 15 is 0 Å². The van der Waals surface area contributed by atoms with Gasteiger partial charge in [-0.1, -0.05) is 76.4 Å². The molecule has 2 N–H and O–H groups in total. The maximum atomic E-state index is 12.2. The van der Waals surface area contributed by atoms with Gasteiger partial charge in [0.05, 0.1) is 41.8 Å². The molecule has 3 aromatic carbocycles. The fourth-order valence-electron chi connectivity index (χ4n) is 3.48. The number of para-hydroxylation sites is 2. The molecule has 0 atom stereocenters. The quantitative estimate of drug-likeness (QED) is 0.218. The standard InChI is InChI=1S/C18H10Cl2N4OS.C9H6Cl2N2OS/c19-11-2-1-3-12(20)16(11)23-18-24-17(25)15(26-18)9-10-4-5-13-14(8-10)22-7-6-21-13;10-5-2-1-3-6(11)8(5)13-9-12-7(14)4-15-9/h1-9H,(H,23,24,25);1-3H,4H2,(H,12,13,14)/b15-9-;. The lowest BCUT2D eigenvalue weighted by atomic mass is 10.2. The van der Waals surface area contributed by atoms with Crippen LogP contribution in [0, 0.1) is 0 Å². The minimum Gasteiger partial charge on any atom is -0.304 e. The van der Waals surface area contributed by atoms with E-state index in [1.54, 1.807) is 54.9 Å². The van der Waals surface area contributed by atoms with Crippen molar-refractivity contribution in [1.29, 1.82) is 0 Å². The van der Waals surface area contributed by atoms with Gasteiger partial charge in [-0.2, -0.15) is 0 Å². The number of aliphatic imine (C=N–C) groups is 2. The van der Waals surface area contributed by atoms with Crippen molar-refractivity contribution in [2.45, 2.75) is 0 Å². The minimum atomic E-state index is -0.226. The zero-order valence-corrected chi connectivity index (χ0v) is 25.2. The number of carbonyl (C=O) groups is 2. The molecular formula is C27H16Cl4N6O2S2. The second kappa shape index (κ2) is 13.2. The Morgan fingerprint density at radius 3 is 1.93 bits per heavy atom. The third-order valence-electron chi connectivity index (χ3n) is 5.33.